The van der Waals surface area contributed by atoms with Gasteiger partial charge in [-0.2, -0.15) is 0 Å². The molecule has 7 heteroatoms. The quantitative estimate of drug-likeness (QED) is 0.879. The molecule has 0 radical (unpaired) electrons. The molecule has 0 spiro atoms. The third-order valence-electron chi connectivity index (χ3n) is 4.78. The van der Waals surface area contributed by atoms with Gasteiger partial charge in [-0.05, 0) is 24.3 Å². The van der Waals surface area contributed by atoms with Crippen LogP contribution in [0.3, 0.4) is 0 Å². The summed E-state index contributed by atoms with van der Waals surface area (Å²) in [5.74, 6) is 0.464. The lowest BCUT2D eigenvalue weighted by molar-refractivity contribution is -0.122. The summed E-state index contributed by atoms with van der Waals surface area (Å²) in [4.78, 5) is 26.8. The Balaban J connectivity index is 1.44. The molecular weight excluding hydrogens is 360 g/mol. The first-order chi connectivity index (χ1) is 13.3. The molecule has 2 aromatic rings. The SMILES string of the molecule is COc1cccc(N2CC(C(=O)Nc3ccc4c(c3)OC(C)(C)O4)CC2=O)c1. The highest BCUT2D eigenvalue weighted by Crippen LogP contribution is 2.40. The van der Waals surface area contributed by atoms with Crippen LogP contribution < -0.4 is 24.4 Å². The second kappa shape index (κ2) is 6.74. The first-order valence-corrected chi connectivity index (χ1v) is 9.12. The average Bonchev–Trinajstić information content (AvgIpc) is 3.19. The fourth-order valence-electron chi connectivity index (χ4n) is 3.46. The van der Waals surface area contributed by atoms with E-state index in [0.29, 0.717) is 29.5 Å². The summed E-state index contributed by atoms with van der Waals surface area (Å²) in [6.07, 6.45) is 0.167. The van der Waals surface area contributed by atoms with Gasteiger partial charge < -0.3 is 24.4 Å². The number of methoxy groups -OCH3 is 1. The number of rotatable bonds is 4. The molecular formula is C21H22N2O5. The second-order valence-corrected chi connectivity index (χ2v) is 7.36. The van der Waals surface area contributed by atoms with Crippen LogP contribution in [0.25, 0.3) is 0 Å². The number of ether oxygens (including phenoxy) is 3. The molecule has 1 unspecified atom stereocenters. The van der Waals surface area contributed by atoms with Crippen molar-refractivity contribution in [1.82, 2.24) is 0 Å². The molecule has 2 aliphatic heterocycles. The van der Waals surface area contributed by atoms with Gasteiger partial charge in [0.25, 0.3) is 0 Å². The molecule has 0 aromatic heterocycles. The normalized spacial score (nSPS) is 19.6. The summed E-state index contributed by atoms with van der Waals surface area (Å²) in [5.41, 5.74) is 1.34. The van der Waals surface area contributed by atoms with Crippen molar-refractivity contribution in [2.24, 2.45) is 5.92 Å². The van der Waals surface area contributed by atoms with E-state index in [4.69, 9.17) is 14.2 Å². The predicted molar refractivity (Wildman–Crippen MR) is 104 cm³/mol. The molecule has 2 aliphatic rings. The summed E-state index contributed by atoms with van der Waals surface area (Å²) in [6, 6.07) is 12.5. The first-order valence-electron chi connectivity index (χ1n) is 9.12. The van der Waals surface area contributed by atoms with Gasteiger partial charge in [-0.3, -0.25) is 9.59 Å². The minimum absolute atomic E-state index is 0.0826. The van der Waals surface area contributed by atoms with Gasteiger partial charge in [0, 0.05) is 50.3 Å². The Hall–Kier alpha value is -3.22. The Kier molecular flexibility index (Phi) is 4.37. The summed E-state index contributed by atoms with van der Waals surface area (Å²) < 4.78 is 16.6. The molecule has 1 fully saturated rings. The van der Waals surface area contributed by atoms with Crippen LogP contribution in [0.2, 0.25) is 0 Å². The van der Waals surface area contributed by atoms with E-state index in [0.717, 1.165) is 5.69 Å². The van der Waals surface area contributed by atoms with Gasteiger partial charge in [0.1, 0.15) is 5.75 Å². The largest absolute Gasteiger partial charge is 0.497 e. The Bertz CT molecular complexity index is 940. The van der Waals surface area contributed by atoms with Crippen LogP contribution in [0.15, 0.2) is 42.5 Å². The molecule has 2 amide bonds. The van der Waals surface area contributed by atoms with Crippen molar-refractivity contribution in [2.75, 3.05) is 23.9 Å². The molecule has 4 rings (SSSR count). The zero-order chi connectivity index (χ0) is 19.9. The van der Waals surface area contributed by atoms with Crippen molar-refractivity contribution >= 4 is 23.2 Å². The number of fused-ring (bicyclic) bond motifs is 1. The van der Waals surface area contributed by atoms with E-state index in [1.807, 2.05) is 32.0 Å². The van der Waals surface area contributed by atoms with Crippen molar-refractivity contribution in [2.45, 2.75) is 26.1 Å². The number of hydrogen-bond acceptors (Lipinski definition) is 5. The smallest absolute Gasteiger partial charge is 0.246 e. The standard InChI is InChI=1S/C21H22N2O5/c1-21(2)27-17-8-7-14(10-18(17)28-21)22-20(25)13-9-19(24)23(12-13)15-5-4-6-16(11-15)26-3/h4-8,10-11,13H,9,12H2,1-3H3,(H,22,25). The third-order valence-corrected chi connectivity index (χ3v) is 4.78. The summed E-state index contributed by atoms with van der Waals surface area (Å²) in [6.45, 7) is 3.97. The van der Waals surface area contributed by atoms with E-state index in [1.165, 1.54) is 0 Å². The molecule has 1 atom stereocenters. The maximum absolute atomic E-state index is 12.7. The van der Waals surface area contributed by atoms with Crippen LogP contribution in [0.1, 0.15) is 20.3 Å². The van der Waals surface area contributed by atoms with Gasteiger partial charge in [-0.25, -0.2) is 0 Å². The first kappa shape index (κ1) is 18.2. The highest BCUT2D eigenvalue weighted by molar-refractivity contribution is 6.03. The van der Waals surface area contributed by atoms with Crippen molar-refractivity contribution in [1.29, 1.82) is 0 Å². The van der Waals surface area contributed by atoms with Crippen LogP contribution in [0.5, 0.6) is 17.2 Å². The van der Waals surface area contributed by atoms with Gasteiger partial charge in [0.05, 0.1) is 13.0 Å². The highest BCUT2D eigenvalue weighted by atomic mass is 16.7. The topological polar surface area (TPSA) is 77.1 Å². The van der Waals surface area contributed by atoms with Crippen LogP contribution in [-0.2, 0) is 9.59 Å². The summed E-state index contributed by atoms with van der Waals surface area (Å²) >= 11 is 0. The molecule has 0 bridgehead atoms. The van der Waals surface area contributed by atoms with Crippen LogP contribution in [0, 0.1) is 5.92 Å². The van der Waals surface area contributed by atoms with Crippen molar-refractivity contribution in [3.63, 3.8) is 0 Å². The lowest BCUT2D eigenvalue weighted by atomic mass is 10.1. The highest BCUT2D eigenvalue weighted by Gasteiger charge is 2.36. The van der Waals surface area contributed by atoms with E-state index < -0.39 is 11.7 Å². The van der Waals surface area contributed by atoms with E-state index in [1.54, 1.807) is 36.3 Å². The Morgan fingerprint density at radius 3 is 2.75 bits per heavy atom. The minimum atomic E-state index is -0.722. The summed E-state index contributed by atoms with van der Waals surface area (Å²) in [5, 5.41) is 2.88. The Labute approximate surface area is 163 Å². The van der Waals surface area contributed by atoms with Crippen LogP contribution in [-0.4, -0.2) is 31.3 Å². The number of hydrogen-bond donors (Lipinski definition) is 1. The van der Waals surface area contributed by atoms with Gasteiger partial charge in [-0.1, -0.05) is 6.07 Å². The average molecular weight is 382 g/mol. The third kappa shape index (κ3) is 3.47. The Morgan fingerprint density at radius 1 is 1.18 bits per heavy atom. The minimum Gasteiger partial charge on any atom is -0.497 e. The maximum atomic E-state index is 12.7. The molecule has 7 nitrogen and oxygen atoms in total. The van der Waals surface area contributed by atoms with E-state index in [2.05, 4.69) is 5.32 Å². The number of carbonyl (C=O) groups is 2. The van der Waals surface area contributed by atoms with Gasteiger partial charge >= 0.3 is 0 Å². The zero-order valence-electron chi connectivity index (χ0n) is 16.0. The molecule has 146 valence electrons. The summed E-state index contributed by atoms with van der Waals surface area (Å²) in [7, 11) is 1.58. The number of benzene rings is 2. The molecule has 2 heterocycles. The number of anilines is 2. The molecule has 2 aromatic carbocycles. The fraction of sp³-hybridized carbons (Fsp3) is 0.333. The van der Waals surface area contributed by atoms with Crippen molar-refractivity contribution in [3.05, 3.63) is 42.5 Å². The second-order valence-electron chi connectivity index (χ2n) is 7.36. The fourth-order valence-corrected chi connectivity index (χ4v) is 3.46. The van der Waals surface area contributed by atoms with Crippen LogP contribution >= 0.6 is 0 Å². The zero-order valence-corrected chi connectivity index (χ0v) is 16.0. The van der Waals surface area contributed by atoms with Crippen molar-refractivity contribution < 1.29 is 23.8 Å². The maximum Gasteiger partial charge on any atom is 0.246 e. The lowest BCUT2D eigenvalue weighted by Crippen LogP contribution is -2.29. The monoisotopic (exact) mass is 382 g/mol. The molecule has 0 aliphatic carbocycles. The van der Waals surface area contributed by atoms with Gasteiger partial charge in [0.15, 0.2) is 11.5 Å². The van der Waals surface area contributed by atoms with E-state index >= 15 is 0 Å². The molecule has 1 saturated heterocycles. The molecule has 28 heavy (non-hydrogen) atoms. The Morgan fingerprint density at radius 2 is 1.96 bits per heavy atom. The van der Waals surface area contributed by atoms with Crippen LogP contribution in [0.4, 0.5) is 11.4 Å². The molecule has 0 saturated carbocycles. The number of amides is 2. The predicted octanol–water partition coefficient (Wildman–Crippen LogP) is 3.19. The van der Waals surface area contributed by atoms with Gasteiger partial charge in [0.2, 0.25) is 17.6 Å². The van der Waals surface area contributed by atoms with Crippen molar-refractivity contribution in [3.8, 4) is 17.2 Å². The van der Waals surface area contributed by atoms with Gasteiger partial charge in [-0.15, -0.1) is 0 Å². The number of nitrogens with zero attached hydrogens (tertiary/aromatic N) is 1. The number of carbonyl (C=O) groups excluding carboxylic acids is 2. The lowest BCUT2D eigenvalue weighted by Gasteiger charge is -2.17. The van der Waals surface area contributed by atoms with E-state index in [-0.39, 0.29) is 18.2 Å². The number of nitrogens with one attached hydrogen (secondary N) is 1. The molecule has 1 N–H and O–H groups in total. The van der Waals surface area contributed by atoms with E-state index in [9.17, 15) is 9.59 Å².